The quantitative estimate of drug-likeness (QED) is 0.544. The highest BCUT2D eigenvalue weighted by atomic mass is 19.1. The molecule has 32 heavy (non-hydrogen) atoms. The van der Waals surface area contributed by atoms with Crippen LogP contribution in [0.4, 0.5) is 10.1 Å². The highest BCUT2D eigenvalue weighted by Crippen LogP contribution is 2.42. The van der Waals surface area contributed by atoms with Gasteiger partial charge in [0.15, 0.2) is 0 Å². The number of para-hydroxylation sites is 1. The van der Waals surface area contributed by atoms with E-state index in [-0.39, 0.29) is 11.7 Å². The van der Waals surface area contributed by atoms with Crippen molar-refractivity contribution in [1.82, 2.24) is 15.3 Å². The molecule has 2 aliphatic rings. The van der Waals surface area contributed by atoms with Gasteiger partial charge in [0, 0.05) is 37.1 Å². The van der Waals surface area contributed by atoms with E-state index in [1.807, 2.05) is 19.2 Å². The smallest absolute Gasteiger partial charge is 0.268 e. The second kappa shape index (κ2) is 8.93. The lowest BCUT2D eigenvalue weighted by atomic mass is 10.0. The summed E-state index contributed by atoms with van der Waals surface area (Å²) < 4.78 is 14.2. The van der Waals surface area contributed by atoms with Gasteiger partial charge in [-0.3, -0.25) is 9.78 Å². The van der Waals surface area contributed by atoms with E-state index in [9.17, 15) is 9.18 Å². The van der Waals surface area contributed by atoms with Crippen molar-refractivity contribution in [1.29, 1.82) is 0 Å². The van der Waals surface area contributed by atoms with Crippen molar-refractivity contribution < 1.29 is 9.18 Å². The van der Waals surface area contributed by atoms with Crippen LogP contribution in [-0.2, 0) is 12.8 Å². The Morgan fingerprint density at radius 2 is 2.06 bits per heavy atom. The number of hydrogen-bond acceptors (Lipinski definition) is 3. The van der Waals surface area contributed by atoms with Crippen molar-refractivity contribution in [2.24, 2.45) is 0 Å². The number of pyridine rings is 1. The van der Waals surface area contributed by atoms with E-state index >= 15 is 0 Å². The van der Waals surface area contributed by atoms with Gasteiger partial charge < -0.3 is 15.2 Å². The Bertz CT molecular complexity index is 1130. The number of anilines is 1. The summed E-state index contributed by atoms with van der Waals surface area (Å²) in [5.74, 6) is 0.0972. The van der Waals surface area contributed by atoms with Crippen molar-refractivity contribution >= 4 is 22.5 Å². The second-order valence-corrected chi connectivity index (χ2v) is 9.05. The molecule has 1 saturated heterocycles. The Hall–Kier alpha value is -2.89. The first kappa shape index (κ1) is 21.0. The van der Waals surface area contributed by atoms with Gasteiger partial charge in [-0.2, -0.15) is 0 Å². The summed E-state index contributed by atoms with van der Waals surface area (Å²) in [6.07, 6.45) is 9.65. The summed E-state index contributed by atoms with van der Waals surface area (Å²) in [5, 5.41) is 3.81. The zero-order valence-corrected chi connectivity index (χ0v) is 18.7. The molecule has 1 aromatic carbocycles. The van der Waals surface area contributed by atoms with Gasteiger partial charge in [0.05, 0.1) is 17.4 Å². The van der Waals surface area contributed by atoms with Crippen molar-refractivity contribution in [3.05, 3.63) is 58.8 Å². The van der Waals surface area contributed by atoms with Gasteiger partial charge in [0.25, 0.3) is 5.91 Å². The second-order valence-electron chi connectivity index (χ2n) is 9.05. The summed E-state index contributed by atoms with van der Waals surface area (Å²) in [6, 6.07) is 7.30. The molecule has 2 aromatic heterocycles. The summed E-state index contributed by atoms with van der Waals surface area (Å²) in [6.45, 7) is 4.73. The lowest BCUT2D eigenvalue weighted by molar-refractivity contribution is 0.0949. The average Bonchev–Trinajstić information content (AvgIpc) is 3.59. The maximum absolute atomic E-state index is 14.2. The van der Waals surface area contributed by atoms with E-state index in [0.29, 0.717) is 36.5 Å². The number of aromatic nitrogens is 2. The minimum atomic E-state index is -0.330. The fourth-order valence-electron chi connectivity index (χ4n) is 4.96. The predicted octanol–water partition coefficient (Wildman–Crippen LogP) is 5.10. The van der Waals surface area contributed by atoms with Gasteiger partial charge in [-0.1, -0.05) is 19.1 Å². The Morgan fingerprint density at radius 3 is 2.81 bits per heavy atom. The number of carbonyl (C=O) groups excluding carboxylic acids is 1. The molecule has 5 rings (SSSR count). The molecular weight excluding hydrogens is 403 g/mol. The standard InChI is InChI=1S/C26H31FN4O/c1-2-19-20-7-6-8-22(27)24(20)30-25(19)26(32)28-12-11-23-21(17-9-10-17)15-18(16-29-23)31-13-4-3-5-14-31/h6-8,15-17,30H,2-5,9-14H2,1H3,(H,28,32). The van der Waals surface area contributed by atoms with Crippen LogP contribution in [0, 0.1) is 5.82 Å². The molecule has 1 amide bonds. The lowest BCUT2D eigenvalue weighted by Gasteiger charge is -2.29. The fourth-order valence-corrected chi connectivity index (χ4v) is 4.96. The first-order valence-electron chi connectivity index (χ1n) is 12.0. The molecule has 0 atom stereocenters. The summed E-state index contributed by atoms with van der Waals surface area (Å²) in [4.78, 5) is 23.2. The largest absolute Gasteiger partial charge is 0.370 e. The number of hydrogen-bond donors (Lipinski definition) is 2. The van der Waals surface area contributed by atoms with E-state index in [4.69, 9.17) is 4.98 Å². The van der Waals surface area contributed by atoms with Gasteiger partial charge in [-0.05, 0) is 67.7 Å². The third-order valence-corrected chi connectivity index (χ3v) is 6.85. The number of aromatic amines is 1. The molecule has 3 heterocycles. The molecule has 6 heteroatoms. The highest BCUT2D eigenvalue weighted by Gasteiger charge is 2.28. The van der Waals surface area contributed by atoms with Crippen LogP contribution in [0.15, 0.2) is 30.5 Å². The minimum Gasteiger partial charge on any atom is -0.370 e. The Labute approximate surface area is 188 Å². The molecule has 1 saturated carbocycles. The van der Waals surface area contributed by atoms with Crippen LogP contribution < -0.4 is 10.2 Å². The summed E-state index contributed by atoms with van der Waals surface area (Å²) in [5.41, 5.74) is 5.41. The van der Waals surface area contributed by atoms with Gasteiger partial charge in [-0.25, -0.2) is 4.39 Å². The molecule has 3 aromatic rings. The van der Waals surface area contributed by atoms with Crippen LogP contribution in [0.1, 0.15) is 72.3 Å². The number of benzene rings is 1. The molecule has 1 aliphatic carbocycles. The van der Waals surface area contributed by atoms with Gasteiger partial charge in [-0.15, -0.1) is 0 Å². The average molecular weight is 435 g/mol. The number of halogens is 1. The molecule has 5 nitrogen and oxygen atoms in total. The topological polar surface area (TPSA) is 61.0 Å². The fraction of sp³-hybridized carbons (Fsp3) is 0.462. The number of piperidine rings is 1. The van der Waals surface area contributed by atoms with Crippen LogP contribution in [0.25, 0.3) is 10.9 Å². The number of nitrogens with zero attached hydrogens (tertiary/aromatic N) is 2. The van der Waals surface area contributed by atoms with Crippen LogP contribution >= 0.6 is 0 Å². The van der Waals surface area contributed by atoms with E-state index in [1.165, 1.54) is 49.4 Å². The Morgan fingerprint density at radius 1 is 1.25 bits per heavy atom. The van der Waals surface area contributed by atoms with E-state index in [2.05, 4.69) is 21.3 Å². The van der Waals surface area contributed by atoms with E-state index in [1.54, 1.807) is 6.07 Å². The molecule has 1 aliphatic heterocycles. The zero-order chi connectivity index (χ0) is 22.1. The minimum absolute atomic E-state index is 0.185. The highest BCUT2D eigenvalue weighted by molar-refractivity contribution is 6.01. The molecule has 0 spiro atoms. The van der Waals surface area contributed by atoms with Crippen molar-refractivity contribution in [3.63, 3.8) is 0 Å². The number of fused-ring (bicyclic) bond motifs is 1. The van der Waals surface area contributed by atoms with Crippen molar-refractivity contribution in [3.8, 4) is 0 Å². The molecular formula is C26H31FN4O. The number of amides is 1. The van der Waals surface area contributed by atoms with Crippen LogP contribution in [0.5, 0.6) is 0 Å². The van der Waals surface area contributed by atoms with E-state index < -0.39 is 0 Å². The maximum Gasteiger partial charge on any atom is 0.268 e. The number of H-pyrrole nitrogens is 1. The molecule has 168 valence electrons. The number of carbonyl (C=O) groups is 1. The van der Waals surface area contributed by atoms with Gasteiger partial charge >= 0.3 is 0 Å². The Kier molecular flexibility index (Phi) is 5.85. The number of aryl methyl sites for hydroxylation is 1. The molecule has 0 radical (unpaired) electrons. The van der Waals surface area contributed by atoms with Crippen LogP contribution in [-0.4, -0.2) is 35.5 Å². The predicted molar refractivity (Wildman–Crippen MR) is 126 cm³/mol. The third kappa shape index (κ3) is 4.10. The summed E-state index contributed by atoms with van der Waals surface area (Å²) >= 11 is 0. The first-order chi connectivity index (χ1) is 15.7. The Balaban J connectivity index is 1.29. The monoisotopic (exact) mass is 434 g/mol. The number of nitrogens with one attached hydrogen (secondary N) is 2. The SMILES string of the molecule is CCc1c(C(=O)NCCc2ncc(N3CCCCC3)cc2C2CC2)[nH]c2c(F)cccc12. The van der Waals surface area contributed by atoms with Crippen LogP contribution in [0.3, 0.4) is 0 Å². The van der Waals surface area contributed by atoms with Gasteiger partial charge in [0.1, 0.15) is 11.5 Å². The normalized spacial score (nSPS) is 16.5. The molecule has 0 unspecified atom stereocenters. The van der Waals surface area contributed by atoms with Crippen molar-refractivity contribution in [2.75, 3.05) is 24.5 Å². The molecule has 2 fully saturated rings. The zero-order valence-electron chi connectivity index (χ0n) is 18.7. The van der Waals surface area contributed by atoms with Crippen molar-refractivity contribution in [2.45, 2.75) is 57.8 Å². The lowest BCUT2D eigenvalue weighted by Crippen LogP contribution is -2.30. The summed E-state index contributed by atoms with van der Waals surface area (Å²) in [7, 11) is 0. The third-order valence-electron chi connectivity index (χ3n) is 6.85. The first-order valence-corrected chi connectivity index (χ1v) is 12.0. The van der Waals surface area contributed by atoms with Gasteiger partial charge in [0.2, 0.25) is 0 Å². The maximum atomic E-state index is 14.2. The molecule has 2 N–H and O–H groups in total. The number of rotatable bonds is 7. The van der Waals surface area contributed by atoms with Crippen LogP contribution in [0.2, 0.25) is 0 Å². The van der Waals surface area contributed by atoms with E-state index in [0.717, 1.165) is 29.7 Å². The molecule has 0 bridgehead atoms.